The van der Waals surface area contributed by atoms with Crippen LogP contribution in [0.15, 0.2) is 24.4 Å². The Morgan fingerprint density at radius 3 is 2.67 bits per heavy atom. The van der Waals surface area contributed by atoms with Gasteiger partial charge in [-0.25, -0.2) is 4.79 Å². The van der Waals surface area contributed by atoms with Gasteiger partial charge in [-0.2, -0.15) is 0 Å². The van der Waals surface area contributed by atoms with Crippen molar-refractivity contribution in [1.82, 2.24) is 25.0 Å². The normalized spacial score (nSPS) is 15.0. The van der Waals surface area contributed by atoms with E-state index in [0.717, 1.165) is 12.1 Å². The maximum atomic E-state index is 12.4. The lowest BCUT2D eigenvalue weighted by Crippen LogP contribution is -2.38. The molecule has 3 amide bonds. The molecule has 126 valence electrons. The van der Waals surface area contributed by atoms with E-state index in [4.69, 9.17) is 0 Å². The van der Waals surface area contributed by atoms with E-state index in [9.17, 15) is 9.59 Å². The van der Waals surface area contributed by atoms with Crippen molar-refractivity contribution < 1.29 is 9.59 Å². The molecule has 1 N–H and O–H groups in total. The third kappa shape index (κ3) is 3.85. The molecule has 1 saturated heterocycles. The molecule has 0 unspecified atom stereocenters. The summed E-state index contributed by atoms with van der Waals surface area (Å²) in [5.74, 6) is 0.0429. The number of urea groups is 1. The van der Waals surface area contributed by atoms with Gasteiger partial charge in [-0.15, -0.1) is 10.2 Å². The van der Waals surface area contributed by atoms with E-state index in [2.05, 4.69) is 20.5 Å². The molecular weight excluding hydrogens is 328 g/mol. The zero-order valence-corrected chi connectivity index (χ0v) is 14.1. The fourth-order valence-corrected chi connectivity index (χ4v) is 3.18. The number of hydrogen-bond donors (Lipinski definition) is 1. The van der Waals surface area contributed by atoms with Crippen LogP contribution in [-0.2, 0) is 4.79 Å². The van der Waals surface area contributed by atoms with E-state index in [1.165, 1.54) is 11.3 Å². The van der Waals surface area contributed by atoms with Crippen LogP contribution in [0.25, 0.3) is 10.7 Å². The molecule has 3 rings (SSSR count). The van der Waals surface area contributed by atoms with Crippen LogP contribution >= 0.6 is 11.3 Å². The van der Waals surface area contributed by atoms with E-state index in [0.29, 0.717) is 36.3 Å². The van der Waals surface area contributed by atoms with Gasteiger partial charge in [0.2, 0.25) is 11.0 Å². The number of pyridine rings is 1. The Kier molecular flexibility index (Phi) is 4.99. The largest absolute Gasteiger partial charge is 0.341 e. The average Bonchev–Trinajstić information content (AvgIpc) is 2.90. The van der Waals surface area contributed by atoms with E-state index < -0.39 is 0 Å². The van der Waals surface area contributed by atoms with Crippen LogP contribution in [0.2, 0.25) is 0 Å². The van der Waals surface area contributed by atoms with Crippen molar-refractivity contribution in [3.05, 3.63) is 24.4 Å². The number of nitrogens with one attached hydrogen (secondary N) is 1. The van der Waals surface area contributed by atoms with Crippen LogP contribution in [0.1, 0.15) is 13.3 Å². The molecule has 0 aliphatic carbocycles. The maximum Gasteiger partial charge on any atom is 0.323 e. The molecule has 0 bridgehead atoms. The molecule has 0 saturated carbocycles. The van der Waals surface area contributed by atoms with Crippen LogP contribution < -0.4 is 5.32 Å². The molecule has 2 aromatic rings. The lowest BCUT2D eigenvalue weighted by molar-refractivity contribution is -0.128. The first kappa shape index (κ1) is 16.3. The number of aromatic nitrogens is 3. The third-order valence-electron chi connectivity index (χ3n) is 3.75. The quantitative estimate of drug-likeness (QED) is 0.893. The molecule has 0 aromatic carbocycles. The molecule has 1 aliphatic rings. The Balaban J connectivity index is 1.61. The molecule has 0 atom stereocenters. The van der Waals surface area contributed by atoms with Crippen molar-refractivity contribution in [2.24, 2.45) is 0 Å². The summed E-state index contributed by atoms with van der Waals surface area (Å²) in [6.45, 7) is 3.91. The molecule has 9 heteroatoms. The molecule has 8 nitrogen and oxygen atoms in total. The van der Waals surface area contributed by atoms with Crippen molar-refractivity contribution >= 4 is 28.4 Å². The van der Waals surface area contributed by atoms with Gasteiger partial charge in [0, 0.05) is 39.3 Å². The Hall–Kier alpha value is -2.55. The van der Waals surface area contributed by atoms with E-state index in [1.807, 2.05) is 18.2 Å². The van der Waals surface area contributed by atoms with Gasteiger partial charge in [-0.3, -0.25) is 15.1 Å². The minimum atomic E-state index is -0.218. The minimum Gasteiger partial charge on any atom is -0.341 e. The molecule has 24 heavy (non-hydrogen) atoms. The Labute approximate surface area is 143 Å². The first-order chi connectivity index (χ1) is 11.6. The smallest absolute Gasteiger partial charge is 0.323 e. The Morgan fingerprint density at radius 2 is 1.92 bits per heavy atom. The molecule has 1 fully saturated rings. The second-order valence-electron chi connectivity index (χ2n) is 5.40. The van der Waals surface area contributed by atoms with Crippen molar-refractivity contribution in [2.75, 3.05) is 31.5 Å². The van der Waals surface area contributed by atoms with Gasteiger partial charge in [0.15, 0.2) is 5.01 Å². The van der Waals surface area contributed by atoms with E-state index in [-0.39, 0.29) is 11.9 Å². The lowest BCUT2D eigenvalue weighted by atomic mass is 10.4. The topological polar surface area (TPSA) is 91.3 Å². The number of carbonyl (C=O) groups excluding carboxylic acids is 2. The van der Waals surface area contributed by atoms with Crippen LogP contribution in [0.4, 0.5) is 9.93 Å². The summed E-state index contributed by atoms with van der Waals surface area (Å²) in [5.41, 5.74) is 0.724. The fourth-order valence-electron chi connectivity index (χ4n) is 2.47. The summed E-state index contributed by atoms with van der Waals surface area (Å²) in [5, 5.41) is 11.9. The average molecular weight is 346 g/mol. The van der Waals surface area contributed by atoms with Crippen LogP contribution in [0.3, 0.4) is 0 Å². The summed E-state index contributed by atoms with van der Waals surface area (Å²) in [6, 6.07) is 5.33. The summed E-state index contributed by atoms with van der Waals surface area (Å²) in [7, 11) is 0. The van der Waals surface area contributed by atoms with Crippen LogP contribution in [-0.4, -0.2) is 63.1 Å². The second-order valence-corrected chi connectivity index (χ2v) is 6.38. The standard InChI is InChI=1S/C15H18N6O2S/c1-11(22)20-7-4-8-21(10-9-20)15(23)17-14-19-18-13(24-14)12-5-2-3-6-16-12/h2-3,5-6H,4,7-10H2,1H3,(H,17,19,23). The molecule has 0 radical (unpaired) electrons. The molecule has 0 spiro atoms. The number of amides is 3. The SMILES string of the molecule is CC(=O)N1CCCN(C(=O)Nc2nnc(-c3ccccn3)s2)CC1. The number of anilines is 1. The Morgan fingerprint density at radius 1 is 1.12 bits per heavy atom. The third-order valence-corrected chi connectivity index (χ3v) is 4.61. The first-order valence-electron chi connectivity index (χ1n) is 7.70. The van der Waals surface area contributed by atoms with Gasteiger partial charge < -0.3 is 9.80 Å². The van der Waals surface area contributed by atoms with Gasteiger partial charge in [-0.1, -0.05) is 17.4 Å². The number of hydrogen-bond acceptors (Lipinski definition) is 6. The van der Waals surface area contributed by atoms with Crippen molar-refractivity contribution in [3.8, 4) is 10.7 Å². The van der Waals surface area contributed by atoms with Gasteiger partial charge >= 0.3 is 6.03 Å². The number of carbonyl (C=O) groups is 2. The molecule has 3 heterocycles. The zero-order chi connectivity index (χ0) is 16.9. The van der Waals surface area contributed by atoms with Gasteiger partial charge in [0.25, 0.3) is 0 Å². The fraction of sp³-hybridized carbons (Fsp3) is 0.400. The van der Waals surface area contributed by atoms with Gasteiger partial charge in [0.05, 0.1) is 0 Å². The van der Waals surface area contributed by atoms with Gasteiger partial charge in [0.1, 0.15) is 5.69 Å². The summed E-state index contributed by atoms with van der Waals surface area (Å²) >= 11 is 1.28. The predicted octanol–water partition coefficient (Wildman–Crippen LogP) is 1.69. The predicted molar refractivity (Wildman–Crippen MR) is 90.6 cm³/mol. The highest BCUT2D eigenvalue weighted by Gasteiger charge is 2.21. The van der Waals surface area contributed by atoms with Crippen LogP contribution in [0, 0.1) is 0 Å². The number of rotatable bonds is 2. The molecular formula is C15H18N6O2S. The highest BCUT2D eigenvalue weighted by Crippen LogP contribution is 2.24. The molecule has 2 aromatic heterocycles. The lowest BCUT2D eigenvalue weighted by Gasteiger charge is -2.21. The monoisotopic (exact) mass is 346 g/mol. The second kappa shape index (κ2) is 7.35. The Bertz CT molecular complexity index is 720. The van der Waals surface area contributed by atoms with Gasteiger partial charge in [-0.05, 0) is 18.6 Å². The van der Waals surface area contributed by atoms with E-state index in [1.54, 1.807) is 22.9 Å². The summed E-state index contributed by atoms with van der Waals surface area (Å²) in [6.07, 6.45) is 2.45. The first-order valence-corrected chi connectivity index (χ1v) is 8.51. The maximum absolute atomic E-state index is 12.4. The van der Waals surface area contributed by atoms with E-state index >= 15 is 0 Å². The van der Waals surface area contributed by atoms with Crippen molar-refractivity contribution in [3.63, 3.8) is 0 Å². The molecule has 1 aliphatic heterocycles. The highest BCUT2D eigenvalue weighted by atomic mass is 32.1. The number of nitrogens with zero attached hydrogens (tertiary/aromatic N) is 5. The zero-order valence-electron chi connectivity index (χ0n) is 13.3. The summed E-state index contributed by atoms with van der Waals surface area (Å²) < 4.78 is 0. The minimum absolute atomic E-state index is 0.0429. The van der Waals surface area contributed by atoms with Crippen molar-refractivity contribution in [2.45, 2.75) is 13.3 Å². The van der Waals surface area contributed by atoms with Crippen molar-refractivity contribution in [1.29, 1.82) is 0 Å². The summed E-state index contributed by atoms with van der Waals surface area (Å²) in [4.78, 5) is 31.5. The highest BCUT2D eigenvalue weighted by molar-refractivity contribution is 7.18. The van der Waals surface area contributed by atoms with Crippen LogP contribution in [0.5, 0.6) is 0 Å².